The summed E-state index contributed by atoms with van der Waals surface area (Å²) < 4.78 is 4.72. The Hall–Kier alpha value is -2.37. The number of aromatic nitrogens is 1. The van der Waals surface area contributed by atoms with E-state index in [0.717, 1.165) is 0 Å². The first kappa shape index (κ1) is 9.20. The molecule has 0 saturated carbocycles. The predicted octanol–water partition coefficient (Wildman–Crippen LogP) is -0.420. The highest BCUT2D eigenvalue weighted by Crippen LogP contribution is 2.12. The monoisotopic (exact) mass is 206 g/mol. The molecule has 0 saturated heterocycles. The topological polar surface area (TPSA) is 106 Å². The highest BCUT2D eigenvalue weighted by molar-refractivity contribution is 6.03. The van der Waals surface area contributed by atoms with Gasteiger partial charge in [0.1, 0.15) is 0 Å². The van der Waals surface area contributed by atoms with Crippen LogP contribution in [-0.2, 0) is 0 Å². The van der Waals surface area contributed by atoms with Crippen molar-refractivity contribution in [1.29, 1.82) is 0 Å². The van der Waals surface area contributed by atoms with E-state index >= 15 is 0 Å². The molecular formula is C9H6N2O4. The van der Waals surface area contributed by atoms with Crippen LogP contribution in [0.5, 0.6) is 0 Å². The van der Waals surface area contributed by atoms with Crippen LogP contribution in [0.15, 0.2) is 32.2 Å². The lowest BCUT2D eigenvalue weighted by molar-refractivity contribution is 0.100. The van der Waals surface area contributed by atoms with Crippen molar-refractivity contribution >= 4 is 16.9 Å². The first-order valence-electron chi connectivity index (χ1n) is 4.05. The van der Waals surface area contributed by atoms with E-state index in [0.29, 0.717) is 0 Å². The molecule has 0 bridgehead atoms. The summed E-state index contributed by atoms with van der Waals surface area (Å²) in [5, 5.41) is 0.117. The van der Waals surface area contributed by atoms with E-state index in [-0.39, 0.29) is 16.5 Å². The molecule has 2 aromatic rings. The number of para-hydroxylation sites is 1. The van der Waals surface area contributed by atoms with E-state index < -0.39 is 17.2 Å². The van der Waals surface area contributed by atoms with Gasteiger partial charge in [-0.3, -0.25) is 14.6 Å². The Morgan fingerprint density at radius 1 is 1.33 bits per heavy atom. The number of hydrogen-bond donors (Lipinski definition) is 2. The average molecular weight is 206 g/mol. The maximum atomic E-state index is 11.3. The van der Waals surface area contributed by atoms with Crippen LogP contribution < -0.4 is 17.0 Å². The number of rotatable bonds is 1. The van der Waals surface area contributed by atoms with Crippen LogP contribution in [0.2, 0.25) is 0 Å². The second kappa shape index (κ2) is 3.09. The van der Waals surface area contributed by atoms with Gasteiger partial charge in [-0.2, -0.15) is 0 Å². The number of carbonyl (C=O) groups is 1. The summed E-state index contributed by atoms with van der Waals surface area (Å²) in [4.78, 5) is 35.1. The molecule has 6 heteroatoms. The van der Waals surface area contributed by atoms with Gasteiger partial charge in [0.25, 0.3) is 11.5 Å². The molecule has 0 atom stereocenters. The molecule has 1 amide bonds. The molecule has 1 heterocycles. The SMILES string of the molecule is NC(=O)c1cccc2c(=O)[nH]c(=O)oc12. The zero-order chi connectivity index (χ0) is 11.0. The van der Waals surface area contributed by atoms with Crippen LogP contribution in [0.1, 0.15) is 10.4 Å². The molecule has 76 valence electrons. The highest BCUT2D eigenvalue weighted by atomic mass is 16.4. The number of carbonyl (C=O) groups excluding carboxylic acids is 1. The Bertz CT molecular complexity index is 653. The molecule has 3 N–H and O–H groups in total. The number of nitrogens with two attached hydrogens (primary N) is 1. The quantitative estimate of drug-likeness (QED) is 0.660. The number of benzene rings is 1. The van der Waals surface area contributed by atoms with E-state index in [1.165, 1.54) is 18.2 Å². The molecule has 1 aromatic carbocycles. The standard InChI is InChI=1S/C9H6N2O4/c10-7(12)4-2-1-3-5-6(4)15-9(14)11-8(5)13/h1-3H,(H2,10,12)(H,11,13,14). The molecule has 0 aliphatic rings. The lowest BCUT2D eigenvalue weighted by Gasteiger charge is -1.98. The summed E-state index contributed by atoms with van der Waals surface area (Å²) in [5.41, 5.74) is 4.39. The van der Waals surface area contributed by atoms with Crippen molar-refractivity contribution in [2.75, 3.05) is 0 Å². The van der Waals surface area contributed by atoms with Gasteiger partial charge in [0, 0.05) is 0 Å². The normalized spacial score (nSPS) is 10.4. The summed E-state index contributed by atoms with van der Waals surface area (Å²) in [7, 11) is 0. The summed E-state index contributed by atoms with van der Waals surface area (Å²) >= 11 is 0. The minimum atomic E-state index is -0.916. The second-order valence-corrected chi connectivity index (χ2v) is 2.89. The fourth-order valence-electron chi connectivity index (χ4n) is 1.30. The third-order valence-corrected chi connectivity index (χ3v) is 1.94. The molecule has 0 spiro atoms. The summed E-state index contributed by atoms with van der Waals surface area (Å²) in [6, 6.07) is 4.30. The van der Waals surface area contributed by atoms with E-state index in [1.54, 1.807) is 0 Å². The van der Waals surface area contributed by atoms with Gasteiger partial charge in [0.05, 0.1) is 10.9 Å². The van der Waals surface area contributed by atoms with Crippen molar-refractivity contribution < 1.29 is 9.21 Å². The first-order valence-corrected chi connectivity index (χ1v) is 4.05. The third-order valence-electron chi connectivity index (χ3n) is 1.94. The zero-order valence-electron chi connectivity index (χ0n) is 7.44. The summed E-state index contributed by atoms with van der Waals surface area (Å²) in [6.45, 7) is 0. The molecular weight excluding hydrogens is 200 g/mol. The highest BCUT2D eigenvalue weighted by Gasteiger charge is 2.11. The molecule has 6 nitrogen and oxygen atoms in total. The Morgan fingerprint density at radius 3 is 2.73 bits per heavy atom. The van der Waals surface area contributed by atoms with E-state index in [2.05, 4.69) is 0 Å². The lowest BCUT2D eigenvalue weighted by Crippen LogP contribution is -2.20. The summed E-state index contributed by atoms with van der Waals surface area (Å²) in [6.07, 6.45) is 0. The smallest absolute Gasteiger partial charge is 0.408 e. The minimum Gasteiger partial charge on any atom is -0.408 e. The van der Waals surface area contributed by atoms with Gasteiger partial charge in [-0.05, 0) is 12.1 Å². The molecule has 0 aliphatic heterocycles. The van der Waals surface area contributed by atoms with Crippen molar-refractivity contribution in [3.05, 3.63) is 44.7 Å². The third kappa shape index (κ3) is 1.41. The van der Waals surface area contributed by atoms with Crippen molar-refractivity contribution in [1.82, 2.24) is 4.98 Å². The van der Waals surface area contributed by atoms with E-state index in [4.69, 9.17) is 10.2 Å². The van der Waals surface area contributed by atoms with Gasteiger partial charge in [-0.1, -0.05) is 6.07 Å². The fraction of sp³-hybridized carbons (Fsp3) is 0. The predicted molar refractivity (Wildman–Crippen MR) is 51.6 cm³/mol. The van der Waals surface area contributed by atoms with Crippen molar-refractivity contribution in [3.8, 4) is 0 Å². The molecule has 0 unspecified atom stereocenters. The number of aromatic amines is 1. The Labute approximate surface area is 82.3 Å². The van der Waals surface area contributed by atoms with E-state index in [1.807, 2.05) is 4.98 Å². The maximum absolute atomic E-state index is 11.3. The van der Waals surface area contributed by atoms with Crippen LogP contribution in [0.25, 0.3) is 11.0 Å². The molecule has 15 heavy (non-hydrogen) atoms. The minimum absolute atomic E-state index is 0.00991. The number of nitrogens with one attached hydrogen (secondary N) is 1. The van der Waals surface area contributed by atoms with Gasteiger partial charge in [-0.25, -0.2) is 4.79 Å². The van der Waals surface area contributed by atoms with Crippen LogP contribution in [0.3, 0.4) is 0 Å². The van der Waals surface area contributed by atoms with Gasteiger partial charge in [0.15, 0.2) is 5.58 Å². The van der Waals surface area contributed by atoms with Gasteiger partial charge >= 0.3 is 5.76 Å². The number of primary amides is 1. The van der Waals surface area contributed by atoms with Crippen molar-refractivity contribution in [2.45, 2.75) is 0 Å². The first-order chi connectivity index (χ1) is 7.09. The number of amides is 1. The van der Waals surface area contributed by atoms with Crippen molar-refractivity contribution in [2.24, 2.45) is 5.73 Å². The average Bonchev–Trinajstić information content (AvgIpc) is 2.16. The van der Waals surface area contributed by atoms with Gasteiger partial charge in [0.2, 0.25) is 0 Å². The zero-order valence-corrected chi connectivity index (χ0v) is 7.44. The molecule has 0 fully saturated rings. The van der Waals surface area contributed by atoms with E-state index in [9.17, 15) is 14.4 Å². The largest absolute Gasteiger partial charge is 0.419 e. The second-order valence-electron chi connectivity index (χ2n) is 2.89. The Kier molecular flexibility index (Phi) is 1.89. The lowest BCUT2D eigenvalue weighted by atomic mass is 10.1. The molecule has 2 rings (SSSR count). The van der Waals surface area contributed by atoms with Crippen LogP contribution in [0.4, 0.5) is 0 Å². The summed E-state index contributed by atoms with van der Waals surface area (Å²) in [5.74, 6) is -1.67. The number of fused-ring (bicyclic) bond motifs is 1. The fourth-order valence-corrected chi connectivity index (χ4v) is 1.30. The molecule has 1 aromatic heterocycles. The molecule has 0 radical (unpaired) electrons. The van der Waals surface area contributed by atoms with Gasteiger partial charge in [-0.15, -0.1) is 0 Å². The van der Waals surface area contributed by atoms with Crippen molar-refractivity contribution in [3.63, 3.8) is 0 Å². The maximum Gasteiger partial charge on any atom is 0.419 e. The van der Waals surface area contributed by atoms with Crippen LogP contribution >= 0.6 is 0 Å². The molecule has 0 aliphatic carbocycles. The Morgan fingerprint density at radius 2 is 2.07 bits per heavy atom. The Balaban J connectivity index is 3.04. The number of H-pyrrole nitrogens is 1. The van der Waals surface area contributed by atoms with Gasteiger partial charge < -0.3 is 10.2 Å². The van der Waals surface area contributed by atoms with Crippen LogP contribution in [0, 0.1) is 0 Å². The number of hydrogen-bond acceptors (Lipinski definition) is 4. The van der Waals surface area contributed by atoms with Crippen LogP contribution in [-0.4, -0.2) is 10.9 Å².